The van der Waals surface area contributed by atoms with E-state index >= 15 is 0 Å². The van der Waals surface area contributed by atoms with Gasteiger partial charge in [0.25, 0.3) is 0 Å². The lowest BCUT2D eigenvalue weighted by Crippen LogP contribution is -2.36. The van der Waals surface area contributed by atoms with Crippen molar-refractivity contribution in [3.8, 4) is 0 Å². The van der Waals surface area contributed by atoms with Crippen LogP contribution in [0.3, 0.4) is 0 Å². The minimum atomic E-state index is -3.08. The first-order valence-corrected chi connectivity index (χ1v) is 9.22. The molecule has 0 radical (unpaired) electrons. The normalized spacial score (nSPS) is 28.6. The Bertz CT molecular complexity index is 386. The van der Waals surface area contributed by atoms with Crippen LogP contribution in [0.1, 0.15) is 52.4 Å². The largest absolute Gasteiger partial charge is 0.317 e. The summed E-state index contributed by atoms with van der Waals surface area (Å²) in [4.78, 5) is 0. The molecule has 0 aromatic carbocycles. The smallest absolute Gasteiger partial charge is 0.211 e. The predicted molar refractivity (Wildman–Crippen MR) is 78.6 cm³/mol. The minimum Gasteiger partial charge on any atom is -0.317 e. The molecule has 0 aromatic rings. The Morgan fingerprint density at radius 3 is 2.47 bits per heavy atom. The zero-order valence-corrected chi connectivity index (χ0v) is 13.1. The third kappa shape index (κ3) is 5.04. The van der Waals surface area contributed by atoms with Crippen molar-refractivity contribution in [2.24, 2.45) is 11.3 Å². The molecule has 0 bridgehead atoms. The third-order valence-electron chi connectivity index (χ3n) is 4.57. The second-order valence-electron chi connectivity index (χ2n) is 7.02. The van der Waals surface area contributed by atoms with Gasteiger partial charge < -0.3 is 5.32 Å². The Labute approximate surface area is 117 Å². The first-order valence-electron chi connectivity index (χ1n) is 7.57. The zero-order valence-electron chi connectivity index (χ0n) is 12.2. The maximum Gasteiger partial charge on any atom is 0.211 e. The molecule has 1 aliphatic heterocycles. The van der Waals surface area contributed by atoms with E-state index in [1.807, 2.05) is 0 Å². The Kier molecular flexibility index (Phi) is 4.90. The monoisotopic (exact) mass is 288 g/mol. The van der Waals surface area contributed by atoms with Crippen molar-refractivity contribution < 1.29 is 8.42 Å². The van der Waals surface area contributed by atoms with Crippen LogP contribution in [-0.2, 0) is 10.0 Å². The van der Waals surface area contributed by atoms with Gasteiger partial charge in [0.05, 0.1) is 5.75 Å². The van der Waals surface area contributed by atoms with Gasteiger partial charge in [-0.15, -0.1) is 0 Å². The predicted octanol–water partition coefficient (Wildman–Crippen LogP) is 1.87. The molecule has 1 aliphatic carbocycles. The minimum absolute atomic E-state index is 0.160. The summed E-state index contributed by atoms with van der Waals surface area (Å²) in [7, 11) is -3.08. The van der Waals surface area contributed by atoms with Gasteiger partial charge in [0.1, 0.15) is 0 Å². The standard InChI is InChI=1S/C14H28N2O2S/c1-14(2)7-3-13(11-14)16-19(17,18)10-6-12-4-8-15-9-5-12/h12-13,15-16H,3-11H2,1-2H3. The van der Waals surface area contributed by atoms with Crippen LogP contribution in [0.2, 0.25) is 0 Å². The van der Waals surface area contributed by atoms with Crippen molar-refractivity contribution in [3.63, 3.8) is 0 Å². The van der Waals surface area contributed by atoms with Gasteiger partial charge >= 0.3 is 0 Å². The van der Waals surface area contributed by atoms with E-state index in [0.29, 0.717) is 17.1 Å². The van der Waals surface area contributed by atoms with Gasteiger partial charge in [-0.05, 0) is 62.9 Å². The molecule has 2 aliphatic rings. The molecule has 5 heteroatoms. The maximum atomic E-state index is 12.1. The van der Waals surface area contributed by atoms with Crippen molar-refractivity contribution in [1.29, 1.82) is 0 Å². The number of hydrogen-bond donors (Lipinski definition) is 2. The lowest BCUT2D eigenvalue weighted by Gasteiger charge is -2.23. The van der Waals surface area contributed by atoms with E-state index < -0.39 is 10.0 Å². The van der Waals surface area contributed by atoms with Gasteiger partial charge in [-0.25, -0.2) is 13.1 Å². The summed E-state index contributed by atoms with van der Waals surface area (Å²) in [5.41, 5.74) is 0.294. The zero-order chi connectivity index (χ0) is 13.9. The summed E-state index contributed by atoms with van der Waals surface area (Å²) in [6.45, 7) is 6.51. The summed E-state index contributed by atoms with van der Waals surface area (Å²) < 4.78 is 27.1. The van der Waals surface area contributed by atoms with E-state index in [9.17, 15) is 8.42 Å². The van der Waals surface area contributed by atoms with Crippen LogP contribution in [0, 0.1) is 11.3 Å². The van der Waals surface area contributed by atoms with E-state index in [2.05, 4.69) is 23.9 Å². The lowest BCUT2D eigenvalue weighted by atomic mass is 9.92. The molecule has 0 aromatic heterocycles. The van der Waals surface area contributed by atoms with E-state index in [1.165, 1.54) is 0 Å². The van der Waals surface area contributed by atoms with Crippen LogP contribution in [0.25, 0.3) is 0 Å². The third-order valence-corrected chi connectivity index (χ3v) is 6.03. The Balaban J connectivity index is 1.75. The van der Waals surface area contributed by atoms with E-state index in [1.54, 1.807) is 0 Å². The average molecular weight is 288 g/mol. The molecular formula is C14H28N2O2S. The molecular weight excluding hydrogens is 260 g/mol. The van der Waals surface area contributed by atoms with Gasteiger partial charge in [-0.1, -0.05) is 13.8 Å². The summed E-state index contributed by atoms with van der Waals surface area (Å²) in [5, 5.41) is 3.31. The van der Waals surface area contributed by atoms with Crippen LogP contribution in [0.15, 0.2) is 0 Å². The highest BCUT2D eigenvalue weighted by Crippen LogP contribution is 2.37. The summed E-state index contributed by atoms with van der Waals surface area (Å²) in [5.74, 6) is 0.882. The van der Waals surface area contributed by atoms with Crippen LogP contribution in [-0.4, -0.2) is 33.3 Å². The van der Waals surface area contributed by atoms with Crippen LogP contribution in [0.4, 0.5) is 0 Å². The van der Waals surface area contributed by atoms with E-state index in [-0.39, 0.29) is 6.04 Å². The van der Waals surface area contributed by atoms with E-state index in [0.717, 1.165) is 51.6 Å². The highest BCUT2D eigenvalue weighted by molar-refractivity contribution is 7.89. The fourth-order valence-corrected chi connectivity index (χ4v) is 4.81. The summed E-state index contributed by atoms with van der Waals surface area (Å²) in [6.07, 6.45) is 6.12. The van der Waals surface area contributed by atoms with Gasteiger partial charge in [-0.3, -0.25) is 0 Å². The van der Waals surface area contributed by atoms with Crippen molar-refractivity contribution >= 4 is 10.0 Å². The first-order chi connectivity index (χ1) is 8.86. The molecule has 1 saturated heterocycles. The van der Waals surface area contributed by atoms with Crippen molar-refractivity contribution in [3.05, 3.63) is 0 Å². The average Bonchev–Trinajstić information content (AvgIpc) is 2.67. The molecule has 0 spiro atoms. The molecule has 0 amide bonds. The Morgan fingerprint density at radius 2 is 1.89 bits per heavy atom. The number of hydrogen-bond acceptors (Lipinski definition) is 3. The van der Waals surface area contributed by atoms with Crippen molar-refractivity contribution in [1.82, 2.24) is 10.0 Å². The molecule has 1 saturated carbocycles. The van der Waals surface area contributed by atoms with Crippen LogP contribution < -0.4 is 10.0 Å². The fraction of sp³-hybridized carbons (Fsp3) is 1.00. The number of sulfonamides is 1. The lowest BCUT2D eigenvalue weighted by molar-refractivity contribution is 0.363. The van der Waals surface area contributed by atoms with Gasteiger partial charge in [0.15, 0.2) is 0 Å². The summed E-state index contributed by atoms with van der Waals surface area (Å²) in [6, 6.07) is 0.160. The van der Waals surface area contributed by atoms with E-state index in [4.69, 9.17) is 0 Å². The molecule has 1 atom stereocenters. The fourth-order valence-electron chi connectivity index (χ4n) is 3.34. The molecule has 1 unspecified atom stereocenters. The number of rotatable bonds is 5. The molecule has 112 valence electrons. The number of piperidine rings is 1. The SMILES string of the molecule is CC1(C)CCC(NS(=O)(=O)CCC2CCNCC2)C1. The van der Waals surface area contributed by atoms with Crippen molar-refractivity contribution in [2.45, 2.75) is 58.4 Å². The van der Waals surface area contributed by atoms with Crippen LogP contribution >= 0.6 is 0 Å². The molecule has 2 rings (SSSR count). The molecule has 1 heterocycles. The molecule has 19 heavy (non-hydrogen) atoms. The molecule has 2 N–H and O–H groups in total. The van der Waals surface area contributed by atoms with Gasteiger partial charge in [-0.2, -0.15) is 0 Å². The highest BCUT2D eigenvalue weighted by atomic mass is 32.2. The van der Waals surface area contributed by atoms with Gasteiger partial charge in [0, 0.05) is 6.04 Å². The highest BCUT2D eigenvalue weighted by Gasteiger charge is 2.33. The second kappa shape index (κ2) is 6.10. The quantitative estimate of drug-likeness (QED) is 0.812. The Morgan fingerprint density at radius 1 is 1.21 bits per heavy atom. The maximum absolute atomic E-state index is 12.1. The second-order valence-corrected chi connectivity index (χ2v) is 8.90. The van der Waals surface area contributed by atoms with Crippen molar-refractivity contribution in [2.75, 3.05) is 18.8 Å². The summed E-state index contributed by atoms with van der Waals surface area (Å²) >= 11 is 0. The number of nitrogens with one attached hydrogen (secondary N) is 2. The van der Waals surface area contributed by atoms with Crippen LogP contribution in [0.5, 0.6) is 0 Å². The topological polar surface area (TPSA) is 58.2 Å². The first kappa shape index (κ1) is 15.3. The molecule has 4 nitrogen and oxygen atoms in total. The molecule has 2 fully saturated rings. The Hall–Kier alpha value is -0.130. The van der Waals surface area contributed by atoms with Gasteiger partial charge in [0.2, 0.25) is 10.0 Å².